The molecule has 0 amide bonds. The molecule has 0 aliphatic carbocycles. The summed E-state index contributed by atoms with van der Waals surface area (Å²) in [5, 5.41) is 0. The number of carbonyl (C=O) groups excluding carboxylic acids is 2. The van der Waals surface area contributed by atoms with Crippen LogP contribution in [0, 0.1) is 0 Å². The van der Waals surface area contributed by atoms with E-state index >= 15 is 0 Å². The molecule has 318 valence electrons. The Labute approximate surface area is 335 Å². The van der Waals surface area contributed by atoms with Gasteiger partial charge >= 0.3 is 19.8 Å². The van der Waals surface area contributed by atoms with E-state index in [0.29, 0.717) is 36.1 Å². The van der Waals surface area contributed by atoms with Crippen LogP contribution in [-0.2, 0) is 37.4 Å². The number of likely N-dealkylation sites (N-methyl/N-ethyl adjacent to an activating group) is 1. The SMILES string of the molecule is CC/C=C\CC1OC1C/C=C\C/C=C\C/C=C\CCCC(=O)OC(COC(=O)CCCCCCCCCCCCCCC)COP(=O)(O)OCC[N+](C)(C)C. The Kier molecular flexibility index (Phi) is 30.5. The van der Waals surface area contributed by atoms with Crippen LogP contribution in [0.1, 0.15) is 155 Å². The van der Waals surface area contributed by atoms with E-state index in [1.165, 1.54) is 64.2 Å². The normalized spacial score (nSPS) is 17.8. The zero-order chi connectivity index (χ0) is 40.5. The molecule has 1 heterocycles. The fraction of sp³-hybridized carbons (Fsp3) is 0.773. The number of unbranched alkanes of at least 4 members (excludes halogenated alkanes) is 13. The van der Waals surface area contributed by atoms with Gasteiger partial charge in [-0.2, -0.15) is 0 Å². The highest BCUT2D eigenvalue weighted by Crippen LogP contribution is 2.43. The molecule has 0 spiro atoms. The topological polar surface area (TPSA) is 121 Å². The molecule has 1 N–H and O–H groups in total. The van der Waals surface area contributed by atoms with E-state index in [0.717, 1.165) is 51.4 Å². The molecule has 11 heteroatoms. The van der Waals surface area contributed by atoms with Crippen LogP contribution in [0.25, 0.3) is 0 Å². The molecule has 0 aromatic carbocycles. The standard InChI is InChI=1S/C44H78NO9P/c1-6-8-10-11-12-13-14-15-16-20-23-26-30-34-43(46)50-38-40(39-52-55(48,49)51-37-36-45(3,4)5)53-44(47)35-31-27-24-21-18-17-19-22-25-29-33-42-41(54-42)32-28-9-7-2/h9,17,19,21,24-25,28-29,40-42H,6-8,10-16,18,20,22-23,26-27,30-39H2,1-5H3/p+1/b19-17-,24-21-,28-9-,29-25-. The Hall–Kier alpha value is -2.07. The molecule has 55 heavy (non-hydrogen) atoms. The van der Waals surface area contributed by atoms with Crippen molar-refractivity contribution in [2.45, 2.75) is 173 Å². The van der Waals surface area contributed by atoms with Crippen molar-refractivity contribution in [2.75, 3.05) is 47.5 Å². The van der Waals surface area contributed by atoms with Gasteiger partial charge in [-0.15, -0.1) is 0 Å². The van der Waals surface area contributed by atoms with Crippen LogP contribution >= 0.6 is 7.82 Å². The lowest BCUT2D eigenvalue weighted by molar-refractivity contribution is -0.870. The van der Waals surface area contributed by atoms with E-state index in [2.05, 4.69) is 56.4 Å². The van der Waals surface area contributed by atoms with Gasteiger partial charge in [0.2, 0.25) is 0 Å². The van der Waals surface area contributed by atoms with Crippen LogP contribution in [-0.4, -0.2) is 87.1 Å². The van der Waals surface area contributed by atoms with Gasteiger partial charge in [0.05, 0.1) is 40.0 Å². The summed E-state index contributed by atoms with van der Waals surface area (Å²) < 4.78 is 39.9. The molecule has 0 aromatic heterocycles. The maximum absolute atomic E-state index is 12.7. The van der Waals surface area contributed by atoms with Crippen molar-refractivity contribution in [2.24, 2.45) is 0 Å². The lowest BCUT2D eigenvalue weighted by Gasteiger charge is -2.24. The number of epoxide rings is 1. The Morgan fingerprint density at radius 1 is 0.673 bits per heavy atom. The monoisotopic (exact) mass is 797 g/mol. The van der Waals surface area contributed by atoms with Gasteiger partial charge in [-0.1, -0.05) is 140 Å². The molecule has 1 aliphatic heterocycles. The van der Waals surface area contributed by atoms with Crippen LogP contribution in [0.15, 0.2) is 48.6 Å². The summed E-state index contributed by atoms with van der Waals surface area (Å²) in [6, 6.07) is 0. The van der Waals surface area contributed by atoms with Crippen molar-refractivity contribution in [3.8, 4) is 0 Å². The van der Waals surface area contributed by atoms with Gasteiger partial charge in [0, 0.05) is 12.8 Å². The van der Waals surface area contributed by atoms with E-state index in [4.69, 9.17) is 23.3 Å². The van der Waals surface area contributed by atoms with Crippen LogP contribution < -0.4 is 0 Å². The van der Waals surface area contributed by atoms with Crippen LogP contribution in [0.5, 0.6) is 0 Å². The van der Waals surface area contributed by atoms with Crippen LogP contribution in [0.2, 0.25) is 0 Å². The smallest absolute Gasteiger partial charge is 0.462 e. The molecule has 0 radical (unpaired) electrons. The van der Waals surface area contributed by atoms with Crippen molar-refractivity contribution in [3.63, 3.8) is 0 Å². The second-order valence-electron chi connectivity index (χ2n) is 15.7. The van der Waals surface area contributed by atoms with E-state index in [9.17, 15) is 19.0 Å². The lowest BCUT2D eigenvalue weighted by Crippen LogP contribution is -2.37. The van der Waals surface area contributed by atoms with Crippen molar-refractivity contribution in [1.82, 2.24) is 0 Å². The van der Waals surface area contributed by atoms with Crippen molar-refractivity contribution in [1.29, 1.82) is 0 Å². The average Bonchev–Trinajstić information content (AvgIpc) is 3.89. The first-order valence-corrected chi connectivity index (χ1v) is 23.0. The number of nitrogens with zero attached hydrogens (tertiary/aromatic N) is 1. The maximum atomic E-state index is 12.7. The Balaban J connectivity index is 2.33. The van der Waals surface area contributed by atoms with Gasteiger partial charge in [-0.3, -0.25) is 18.6 Å². The first-order valence-electron chi connectivity index (χ1n) is 21.5. The highest BCUT2D eigenvalue weighted by Gasteiger charge is 2.36. The Bertz CT molecular complexity index is 1150. The third-order valence-electron chi connectivity index (χ3n) is 9.28. The van der Waals surface area contributed by atoms with Crippen LogP contribution in [0.4, 0.5) is 0 Å². The average molecular weight is 797 g/mol. The van der Waals surface area contributed by atoms with Gasteiger partial charge in [0.25, 0.3) is 0 Å². The van der Waals surface area contributed by atoms with Gasteiger partial charge in [-0.05, 0) is 51.4 Å². The molecule has 1 fully saturated rings. The summed E-state index contributed by atoms with van der Waals surface area (Å²) in [6.45, 7) is 4.22. The van der Waals surface area contributed by atoms with Gasteiger partial charge in [-0.25, -0.2) is 4.57 Å². The first-order chi connectivity index (χ1) is 26.5. The second kappa shape index (κ2) is 33.0. The second-order valence-corrected chi connectivity index (χ2v) is 17.2. The minimum absolute atomic E-state index is 0.0182. The number of phosphoric ester groups is 1. The Morgan fingerprint density at radius 3 is 1.78 bits per heavy atom. The van der Waals surface area contributed by atoms with E-state index in [1.54, 1.807) is 0 Å². The molecule has 4 atom stereocenters. The molecule has 0 saturated carbocycles. The van der Waals surface area contributed by atoms with E-state index in [1.807, 2.05) is 27.2 Å². The highest BCUT2D eigenvalue weighted by molar-refractivity contribution is 7.47. The first kappa shape index (κ1) is 50.9. The predicted octanol–water partition coefficient (Wildman–Crippen LogP) is 10.9. The third-order valence-corrected chi connectivity index (χ3v) is 10.3. The summed E-state index contributed by atoms with van der Waals surface area (Å²) in [6.07, 6.45) is 39.2. The zero-order valence-corrected chi connectivity index (χ0v) is 36.2. The largest absolute Gasteiger partial charge is 0.472 e. The van der Waals surface area contributed by atoms with E-state index < -0.39 is 26.5 Å². The van der Waals surface area contributed by atoms with Crippen molar-refractivity contribution in [3.05, 3.63) is 48.6 Å². The Morgan fingerprint density at radius 2 is 1.20 bits per heavy atom. The summed E-state index contributed by atoms with van der Waals surface area (Å²) in [5.74, 6) is -0.872. The fourth-order valence-electron chi connectivity index (χ4n) is 5.80. The number of ether oxygens (including phenoxy) is 3. The summed E-state index contributed by atoms with van der Waals surface area (Å²) in [7, 11) is 1.43. The lowest BCUT2D eigenvalue weighted by atomic mass is 10.0. The number of rotatable bonds is 37. The number of hydrogen-bond donors (Lipinski definition) is 1. The molecule has 1 rings (SSSR count). The summed E-state index contributed by atoms with van der Waals surface area (Å²) >= 11 is 0. The molecular weight excluding hydrogens is 717 g/mol. The van der Waals surface area contributed by atoms with Crippen molar-refractivity contribution >= 4 is 19.8 Å². The molecule has 0 bridgehead atoms. The molecular formula is C44H79NO9P+. The number of esters is 2. The van der Waals surface area contributed by atoms with Gasteiger partial charge < -0.3 is 23.6 Å². The summed E-state index contributed by atoms with van der Waals surface area (Å²) in [4.78, 5) is 35.3. The number of allylic oxidation sites excluding steroid dienone is 6. The minimum Gasteiger partial charge on any atom is -0.462 e. The zero-order valence-electron chi connectivity index (χ0n) is 35.3. The molecule has 1 saturated heterocycles. The quantitative estimate of drug-likeness (QED) is 0.0163. The van der Waals surface area contributed by atoms with Crippen LogP contribution in [0.3, 0.4) is 0 Å². The molecule has 10 nitrogen and oxygen atoms in total. The predicted molar refractivity (Wildman–Crippen MR) is 224 cm³/mol. The number of carbonyl (C=O) groups is 2. The van der Waals surface area contributed by atoms with Crippen molar-refractivity contribution < 1.29 is 46.8 Å². The number of quaternary nitrogens is 1. The molecule has 4 unspecified atom stereocenters. The molecule has 1 aliphatic rings. The number of phosphoric acid groups is 1. The minimum atomic E-state index is -4.39. The summed E-state index contributed by atoms with van der Waals surface area (Å²) in [5.41, 5.74) is 0. The highest BCUT2D eigenvalue weighted by atomic mass is 31.2. The fourth-order valence-corrected chi connectivity index (χ4v) is 6.54. The maximum Gasteiger partial charge on any atom is 0.472 e. The number of hydrogen-bond acceptors (Lipinski definition) is 8. The third kappa shape index (κ3) is 33.8. The molecule has 0 aromatic rings. The van der Waals surface area contributed by atoms with Gasteiger partial charge in [0.1, 0.15) is 19.8 Å². The van der Waals surface area contributed by atoms with E-state index in [-0.39, 0.29) is 32.0 Å². The van der Waals surface area contributed by atoms with Gasteiger partial charge in [0.15, 0.2) is 6.10 Å².